The van der Waals surface area contributed by atoms with Crippen LogP contribution in [0.3, 0.4) is 0 Å². The van der Waals surface area contributed by atoms with Crippen LogP contribution in [0.1, 0.15) is 51.8 Å². The summed E-state index contributed by atoms with van der Waals surface area (Å²) in [6.07, 6.45) is 4.95. The number of anilines is 1. The van der Waals surface area contributed by atoms with Crippen LogP contribution in [0.15, 0.2) is 83.0 Å². The van der Waals surface area contributed by atoms with Gasteiger partial charge < -0.3 is 5.73 Å². The van der Waals surface area contributed by atoms with E-state index in [9.17, 15) is 9.59 Å². The number of fused-ring (bicyclic) bond motifs is 2. The zero-order valence-electron chi connectivity index (χ0n) is 23.7. The summed E-state index contributed by atoms with van der Waals surface area (Å²) in [6, 6.07) is 17.5. The van der Waals surface area contributed by atoms with E-state index in [4.69, 9.17) is 5.73 Å². The summed E-state index contributed by atoms with van der Waals surface area (Å²) in [5.74, 6) is 6.46. The van der Waals surface area contributed by atoms with Crippen molar-refractivity contribution in [1.82, 2.24) is 9.55 Å². The zero-order chi connectivity index (χ0) is 29.1. The summed E-state index contributed by atoms with van der Waals surface area (Å²) in [4.78, 5) is 32.7. The van der Waals surface area contributed by atoms with Crippen LogP contribution in [0.4, 0.5) is 5.69 Å². The van der Waals surface area contributed by atoms with Gasteiger partial charge in [0.05, 0.1) is 22.0 Å². The van der Waals surface area contributed by atoms with Crippen molar-refractivity contribution in [3.05, 3.63) is 105 Å². The Balaban J connectivity index is 1.70. The molecule has 5 nitrogen and oxygen atoms in total. The molecule has 0 radical (unpaired) electrons. The van der Waals surface area contributed by atoms with E-state index in [2.05, 4.69) is 49.4 Å². The maximum atomic E-state index is 14.3. The van der Waals surface area contributed by atoms with Crippen LogP contribution in [0, 0.1) is 17.3 Å². The van der Waals surface area contributed by atoms with Gasteiger partial charge in [-0.15, -0.1) is 17.9 Å². The standard InChI is InChI=1S/C35H31N3O2S/c1-6-34(2,3)17-18-35(4,5)38-32(39)26-16-15-25-24-9-7-8-10-28(24)41-31-21(11-13-23-14-12-22(36)20-37-23)19-27(33(38)40)29(26)30(25)31/h6-10,12,14-16,19-20H,1,17-18,36H2,2-5H3. The number of hydrogen-bond donors (Lipinski definition) is 1. The van der Waals surface area contributed by atoms with Gasteiger partial charge in [-0.3, -0.25) is 14.2 Å². The molecule has 2 N–H and O–H groups in total. The molecule has 0 fully saturated rings. The monoisotopic (exact) mass is 557 g/mol. The molecule has 6 rings (SSSR count). The van der Waals surface area contributed by atoms with Gasteiger partial charge in [0.1, 0.15) is 5.69 Å². The molecule has 6 heteroatoms. The van der Waals surface area contributed by atoms with E-state index < -0.39 is 5.54 Å². The molecule has 0 bridgehead atoms. The second kappa shape index (κ2) is 9.57. The summed E-state index contributed by atoms with van der Waals surface area (Å²) in [7, 11) is 0. The van der Waals surface area contributed by atoms with Gasteiger partial charge in [0, 0.05) is 32.0 Å². The van der Waals surface area contributed by atoms with Gasteiger partial charge in [-0.2, -0.15) is 0 Å². The summed E-state index contributed by atoms with van der Waals surface area (Å²) in [6.45, 7) is 12.1. The lowest BCUT2D eigenvalue weighted by Gasteiger charge is -2.31. The number of pyridine rings is 2. The first-order valence-corrected chi connectivity index (χ1v) is 14.5. The first kappa shape index (κ1) is 26.7. The molecule has 0 atom stereocenters. The van der Waals surface area contributed by atoms with Crippen molar-refractivity contribution in [3.63, 3.8) is 0 Å². The van der Waals surface area contributed by atoms with Crippen molar-refractivity contribution < 1.29 is 0 Å². The quantitative estimate of drug-likeness (QED) is 0.104. The number of nitrogens with zero attached hydrogens (tertiary/aromatic N) is 2. The highest BCUT2D eigenvalue weighted by Crippen LogP contribution is 2.41. The molecule has 3 aromatic carbocycles. The highest BCUT2D eigenvalue weighted by molar-refractivity contribution is 7.25. The predicted octanol–water partition coefficient (Wildman–Crippen LogP) is 7.43. The van der Waals surface area contributed by atoms with Crippen molar-refractivity contribution >= 4 is 58.7 Å². The van der Waals surface area contributed by atoms with Crippen LogP contribution in [-0.2, 0) is 5.54 Å². The van der Waals surface area contributed by atoms with Crippen molar-refractivity contribution in [3.8, 4) is 11.8 Å². The molecule has 0 aliphatic heterocycles. The molecule has 3 aromatic heterocycles. The third-order valence-corrected chi connectivity index (χ3v) is 9.35. The Morgan fingerprint density at radius 2 is 1.63 bits per heavy atom. The number of allylic oxidation sites excluding steroid dienone is 1. The van der Waals surface area contributed by atoms with E-state index >= 15 is 0 Å². The maximum absolute atomic E-state index is 14.3. The average Bonchev–Trinajstić information content (AvgIpc) is 2.96. The Morgan fingerprint density at radius 3 is 2.37 bits per heavy atom. The lowest BCUT2D eigenvalue weighted by atomic mass is 9.83. The van der Waals surface area contributed by atoms with Crippen molar-refractivity contribution in [2.24, 2.45) is 5.41 Å². The fourth-order valence-corrected chi connectivity index (χ4v) is 6.72. The maximum Gasteiger partial charge on any atom is 0.261 e. The molecular weight excluding hydrogens is 526 g/mol. The number of aromatic nitrogens is 2. The summed E-state index contributed by atoms with van der Waals surface area (Å²) in [5, 5.41) is 4.77. The number of nitrogens with two attached hydrogens (primary N) is 1. The SMILES string of the molecule is C=CC(C)(C)CCC(C)(C)n1c(=O)c2ccc3c4ccccc4sc4c(C#Cc5ccc(N)cn5)cc(c1=O)c2c43. The first-order chi connectivity index (χ1) is 19.5. The van der Waals surface area contributed by atoms with Crippen LogP contribution in [0.5, 0.6) is 0 Å². The fourth-order valence-electron chi connectivity index (χ4n) is 5.53. The van der Waals surface area contributed by atoms with Crippen molar-refractivity contribution in [2.75, 3.05) is 5.73 Å². The highest BCUT2D eigenvalue weighted by atomic mass is 32.1. The number of hydrogen-bond acceptors (Lipinski definition) is 5. The molecule has 6 aromatic rings. The van der Waals surface area contributed by atoms with Gasteiger partial charge in [-0.1, -0.05) is 50.1 Å². The smallest absolute Gasteiger partial charge is 0.261 e. The van der Waals surface area contributed by atoms with Crippen LogP contribution < -0.4 is 16.9 Å². The van der Waals surface area contributed by atoms with E-state index in [1.807, 2.05) is 50.3 Å². The van der Waals surface area contributed by atoms with Gasteiger partial charge in [-0.05, 0) is 79.1 Å². The highest BCUT2D eigenvalue weighted by Gasteiger charge is 2.30. The Bertz CT molecular complexity index is 2170. The Hall–Kier alpha value is -4.47. The third-order valence-electron chi connectivity index (χ3n) is 8.14. The van der Waals surface area contributed by atoms with Gasteiger partial charge in [0.25, 0.3) is 11.1 Å². The molecule has 0 saturated heterocycles. The number of rotatable bonds is 5. The second-order valence-electron chi connectivity index (χ2n) is 12.0. The molecule has 41 heavy (non-hydrogen) atoms. The van der Waals surface area contributed by atoms with Gasteiger partial charge in [0.15, 0.2) is 0 Å². The van der Waals surface area contributed by atoms with Crippen LogP contribution in [0.2, 0.25) is 0 Å². The summed E-state index contributed by atoms with van der Waals surface area (Å²) < 4.78 is 3.51. The second-order valence-corrected chi connectivity index (χ2v) is 13.0. The zero-order valence-corrected chi connectivity index (χ0v) is 24.5. The van der Waals surface area contributed by atoms with Crippen LogP contribution >= 0.6 is 11.3 Å². The van der Waals surface area contributed by atoms with E-state index in [0.29, 0.717) is 34.0 Å². The van der Waals surface area contributed by atoms with E-state index in [-0.39, 0.29) is 16.5 Å². The minimum absolute atomic E-state index is 0.110. The molecule has 0 aliphatic carbocycles. The largest absolute Gasteiger partial charge is 0.397 e. The van der Waals surface area contributed by atoms with E-state index in [1.54, 1.807) is 29.7 Å². The first-order valence-electron chi connectivity index (χ1n) is 13.7. The Kier molecular flexibility index (Phi) is 6.24. The minimum Gasteiger partial charge on any atom is -0.397 e. The van der Waals surface area contributed by atoms with Gasteiger partial charge >= 0.3 is 0 Å². The third kappa shape index (κ3) is 4.47. The van der Waals surface area contributed by atoms with E-state index in [1.165, 1.54) is 4.57 Å². The number of benzene rings is 3. The molecule has 0 saturated carbocycles. The molecule has 0 spiro atoms. The Labute approximate surface area is 242 Å². The molecule has 0 unspecified atom stereocenters. The molecule has 0 aliphatic rings. The number of nitrogen functional groups attached to an aromatic ring is 1. The predicted molar refractivity (Wildman–Crippen MR) is 173 cm³/mol. The lowest BCUT2D eigenvalue weighted by Crippen LogP contribution is -2.45. The molecular formula is C35H31N3O2S. The van der Waals surface area contributed by atoms with Gasteiger partial charge in [-0.25, -0.2) is 4.98 Å². The summed E-state index contributed by atoms with van der Waals surface area (Å²) in [5.41, 5.74) is 6.35. The lowest BCUT2D eigenvalue weighted by molar-refractivity contribution is 0.263. The normalized spacial score (nSPS) is 12.3. The van der Waals surface area contributed by atoms with Crippen LogP contribution in [-0.4, -0.2) is 9.55 Å². The molecule has 0 amide bonds. The van der Waals surface area contributed by atoms with Gasteiger partial charge in [0.2, 0.25) is 0 Å². The van der Waals surface area contributed by atoms with Crippen molar-refractivity contribution in [2.45, 2.75) is 46.1 Å². The van der Waals surface area contributed by atoms with Crippen molar-refractivity contribution in [1.29, 1.82) is 0 Å². The fraction of sp³-hybridized carbons (Fsp3) is 0.229. The van der Waals surface area contributed by atoms with Crippen LogP contribution in [0.25, 0.3) is 41.7 Å². The topological polar surface area (TPSA) is 78.0 Å². The average molecular weight is 558 g/mol. The summed E-state index contributed by atoms with van der Waals surface area (Å²) >= 11 is 1.62. The van der Waals surface area contributed by atoms with E-state index in [0.717, 1.165) is 37.5 Å². The molecule has 3 heterocycles. The minimum atomic E-state index is -0.700. The molecule has 204 valence electrons. The Morgan fingerprint density at radius 1 is 0.902 bits per heavy atom.